The number of hydrogen-bond donors (Lipinski definition) is 0. The van der Waals surface area contributed by atoms with Crippen LogP contribution in [-0.2, 0) is 17.2 Å². The van der Waals surface area contributed by atoms with Gasteiger partial charge in [-0.2, -0.15) is 0 Å². The highest BCUT2D eigenvalue weighted by Gasteiger charge is 2.25. The number of rotatable bonds is 4. The van der Waals surface area contributed by atoms with Crippen molar-refractivity contribution < 1.29 is 18.3 Å². The predicted octanol–water partition coefficient (Wildman–Crippen LogP) is 3.91. The molecule has 1 aliphatic heterocycles. The van der Waals surface area contributed by atoms with Crippen molar-refractivity contribution in [1.82, 2.24) is 14.9 Å². The molecule has 25 heavy (non-hydrogen) atoms. The van der Waals surface area contributed by atoms with Crippen LogP contribution in [0.15, 0.2) is 30.5 Å². The second-order valence-electron chi connectivity index (χ2n) is 6.15. The van der Waals surface area contributed by atoms with E-state index < -0.39 is 5.92 Å². The molecule has 0 bridgehead atoms. The monoisotopic (exact) mass is 347 g/mol. The zero-order valence-electron chi connectivity index (χ0n) is 14.1. The molecule has 0 radical (unpaired) electrons. The van der Waals surface area contributed by atoms with E-state index >= 15 is 0 Å². The predicted molar refractivity (Wildman–Crippen MR) is 88.1 cm³/mol. The van der Waals surface area contributed by atoms with E-state index in [9.17, 15) is 13.6 Å². The van der Waals surface area contributed by atoms with Crippen molar-refractivity contribution in [2.24, 2.45) is 0 Å². The van der Waals surface area contributed by atoms with E-state index in [4.69, 9.17) is 4.74 Å². The number of carbonyl (C=O) groups is 1. The Balaban J connectivity index is 1.90. The van der Waals surface area contributed by atoms with E-state index in [2.05, 4.69) is 9.97 Å². The van der Waals surface area contributed by atoms with Gasteiger partial charge in [0, 0.05) is 24.6 Å². The van der Waals surface area contributed by atoms with Crippen LogP contribution in [-0.4, -0.2) is 34.1 Å². The maximum Gasteiger partial charge on any atom is 0.410 e. The number of nitrogens with zero attached hydrogens (tertiary/aromatic N) is 3. The summed E-state index contributed by atoms with van der Waals surface area (Å²) >= 11 is 0. The summed E-state index contributed by atoms with van der Waals surface area (Å²) in [5.41, 5.74) is 2.31. The zero-order valence-corrected chi connectivity index (χ0v) is 14.1. The third-order valence-corrected chi connectivity index (χ3v) is 4.12. The van der Waals surface area contributed by atoms with Gasteiger partial charge in [0.25, 0.3) is 5.92 Å². The fourth-order valence-corrected chi connectivity index (χ4v) is 2.65. The minimum absolute atomic E-state index is 0.0754. The molecule has 0 N–H and O–H groups in total. The molecular weight excluding hydrogens is 328 g/mol. The van der Waals surface area contributed by atoms with Gasteiger partial charge in [-0.1, -0.05) is 18.2 Å². The van der Waals surface area contributed by atoms with Gasteiger partial charge in [0.2, 0.25) is 0 Å². The molecule has 1 aromatic carbocycles. The fourth-order valence-electron chi connectivity index (χ4n) is 2.65. The molecule has 1 aromatic heterocycles. The van der Waals surface area contributed by atoms with Crippen LogP contribution in [0.2, 0.25) is 0 Å². The number of amides is 1. The van der Waals surface area contributed by atoms with Gasteiger partial charge in [-0.05, 0) is 19.4 Å². The first kappa shape index (κ1) is 17.3. The van der Waals surface area contributed by atoms with Gasteiger partial charge >= 0.3 is 6.09 Å². The maximum atomic E-state index is 13.6. The SMILES string of the molecule is Cc1ncc(-c2cccc(C(C)(F)F)c2)nc1CN1CCCOC1=O. The van der Waals surface area contributed by atoms with Crippen LogP contribution < -0.4 is 0 Å². The molecule has 0 saturated carbocycles. The van der Waals surface area contributed by atoms with Crippen LogP contribution in [0.3, 0.4) is 0 Å². The van der Waals surface area contributed by atoms with Crippen molar-refractivity contribution in [3.8, 4) is 11.3 Å². The fraction of sp³-hybridized carbons (Fsp3) is 0.389. The molecule has 7 heteroatoms. The molecule has 2 aromatic rings. The lowest BCUT2D eigenvalue weighted by molar-refractivity contribution is 0.0175. The quantitative estimate of drug-likeness (QED) is 0.841. The van der Waals surface area contributed by atoms with Gasteiger partial charge in [-0.3, -0.25) is 4.98 Å². The molecular formula is C18H19F2N3O2. The van der Waals surface area contributed by atoms with Gasteiger partial charge < -0.3 is 9.64 Å². The van der Waals surface area contributed by atoms with Gasteiger partial charge in [-0.15, -0.1) is 0 Å². The van der Waals surface area contributed by atoms with Crippen LogP contribution in [0, 0.1) is 6.92 Å². The molecule has 0 spiro atoms. The summed E-state index contributed by atoms with van der Waals surface area (Å²) in [4.78, 5) is 22.2. The molecule has 5 nitrogen and oxygen atoms in total. The summed E-state index contributed by atoms with van der Waals surface area (Å²) in [5.74, 6) is -2.92. The normalized spacial score (nSPS) is 15.2. The molecule has 3 rings (SSSR count). The number of cyclic esters (lactones) is 1. The van der Waals surface area contributed by atoms with E-state index in [1.54, 1.807) is 30.2 Å². The highest BCUT2D eigenvalue weighted by molar-refractivity contribution is 5.68. The van der Waals surface area contributed by atoms with Crippen molar-refractivity contribution in [3.05, 3.63) is 47.4 Å². The van der Waals surface area contributed by atoms with Gasteiger partial charge in [0.1, 0.15) is 0 Å². The minimum atomic E-state index is -2.92. The molecule has 0 aliphatic carbocycles. The highest BCUT2D eigenvalue weighted by atomic mass is 19.3. The average molecular weight is 347 g/mol. The van der Waals surface area contributed by atoms with Crippen molar-refractivity contribution in [3.63, 3.8) is 0 Å². The Hall–Kier alpha value is -2.57. The standard InChI is InChI=1S/C18H19F2N3O2/c1-12-16(11-23-7-4-8-25-17(23)24)22-15(10-21-12)13-5-3-6-14(9-13)18(2,19)20/h3,5-6,9-10H,4,7-8,11H2,1-2H3. The summed E-state index contributed by atoms with van der Waals surface area (Å²) in [5, 5.41) is 0. The highest BCUT2D eigenvalue weighted by Crippen LogP contribution is 2.30. The van der Waals surface area contributed by atoms with E-state index in [1.807, 2.05) is 0 Å². The number of alkyl halides is 2. The molecule has 1 amide bonds. The Morgan fingerprint density at radius 1 is 1.36 bits per heavy atom. The number of aromatic nitrogens is 2. The zero-order chi connectivity index (χ0) is 18.0. The van der Waals surface area contributed by atoms with Crippen molar-refractivity contribution >= 4 is 6.09 Å². The average Bonchev–Trinajstić information content (AvgIpc) is 2.58. The molecule has 0 atom stereocenters. The smallest absolute Gasteiger partial charge is 0.410 e. The number of halogens is 2. The molecule has 0 unspecified atom stereocenters. The summed E-state index contributed by atoms with van der Waals surface area (Å²) in [6.07, 6.45) is 1.96. The minimum Gasteiger partial charge on any atom is -0.449 e. The van der Waals surface area contributed by atoms with Gasteiger partial charge in [0.05, 0.1) is 36.4 Å². The van der Waals surface area contributed by atoms with Crippen LogP contribution >= 0.6 is 0 Å². The van der Waals surface area contributed by atoms with Gasteiger partial charge in [0.15, 0.2) is 0 Å². The number of hydrogen-bond acceptors (Lipinski definition) is 4. The Bertz CT molecular complexity index is 790. The maximum absolute atomic E-state index is 13.6. The summed E-state index contributed by atoms with van der Waals surface area (Å²) in [6.45, 7) is 3.98. The number of aryl methyl sites for hydroxylation is 1. The lowest BCUT2D eigenvalue weighted by atomic mass is 10.0. The lowest BCUT2D eigenvalue weighted by Gasteiger charge is -2.26. The van der Waals surface area contributed by atoms with Crippen molar-refractivity contribution in [1.29, 1.82) is 0 Å². The second-order valence-corrected chi connectivity index (χ2v) is 6.15. The van der Waals surface area contributed by atoms with Crippen molar-refractivity contribution in [2.75, 3.05) is 13.2 Å². The van der Waals surface area contributed by atoms with Crippen LogP contribution in [0.4, 0.5) is 13.6 Å². The molecule has 132 valence electrons. The number of ether oxygens (including phenoxy) is 1. The third kappa shape index (κ3) is 3.92. The Labute approximate surface area is 144 Å². The van der Waals surface area contributed by atoms with E-state index in [0.29, 0.717) is 35.8 Å². The van der Waals surface area contributed by atoms with Gasteiger partial charge in [-0.25, -0.2) is 18.6 Å². The topological polar surface area (TPSA) is 55.3 Å². The van der Waals surface area contributed by atoms with E-state index in [0.717, 1.165) is 13.3 Å². The summed E-state index contributed by atoms with van der Waals surface area (Å²) < 4.78 is 32.1. The van der Waals surface area contributed by atoms with E-state index in [1.165, 1.54) is 12.1 Å². The lowest BCUT2D eigenvalue weighted by Crippen LogP contribution is -2.37. The first-order valence-corrected chi connectivity index (χ1v) is 8.07. The molecule has 1 fully saturated rings. The van der Waals surface area contributed by atoms with Crippen LogP contribution in [0.25, 0.3) is 11.3 Å². The summed E-state index contributed by atoms with van der Waals surface area (Å²) in [6, 6.07) is 6.09. The van der Waals surface area contributed by atoms with E-state index in [-0.39, 0.29) is 18.2 Å². The Morgan fingerprint density at radius 3 is 2.88 bits per heavy atom. The van der Waals surface area contributed by atoms with Crippen molar-refractivity contribution in [2.45, 2.75) is 32.7 Å². The van der Waals surface area contributed by atoms with Crippen LogP contribution in [0.5, 0.6) is 0 Å². The third-order valence-electron chi connectivity index (χ3n) is 4.12. The molecule has 2 heterocycles. The first-order valence-electron chi connectivity index (χ1n) is 8.07. The number of benzene rings is 1. The summed E-state index contributed by atoms with van der Waals surface area (Å²) in [7, 11) is 0. The molecule has 1 saturated heterocycles. The first-order chi connectivity index (χ1) is 11.8. The molecule has 1 aliphatic rings. The van der Waals surface area contributed by atoms with Crippen LogP contribution in [0.1, 0.15) is 30.3 Å². The largest absolute Gasteiger partial charge is 0.449 e. The Morgan fingerprint density at radius 2 is 2.16 bits per heavy atom. The second kappa shape index (κ2) is 6.74. The number of carbonyl (C=O) groups excluding carboxylic acids is 1. The Kier molecular flexibility index (Phi) is 4.65.